The fourth-order valence-electron chi connectivity index (χ4n) is 13.6. The second-order valence-corrected chi connectivity index (χ2v) is 36.0. The van der Waals surface area contributed by atoms with E-state index in [0.717, 1.165) is 120 Å². The van der Waals surface area contributed by atoms with E-state index in [9.17, 15) is 43.2 Å². The first-order chi connectivity index (χ1) is 51.7. The van der Waals surface area contributed by atoms with Crippen LogP contribution in [0.4, 0.5) is 0 Å². The molecule has 0 saturated heterocycles. The van der Waals surface area contributed by atoms with Gasteiger partial charge in [-0.3, -0.25) is 37.3 Å². The van der Waals surface area contributed by atoms with Gasteiger partial charge in [0.25, 0.3) is 0 Å². The first kappa shape index (κ1) is 105. The number of unbranched alkanes of at least 4 members (excludes halogenated alkanes) is 49. The minimum Gasteiger partial charge on any atom is -0.462 e. The summed E-state index contributed by atoms with van der Waals surface area (Å²) in [4.78, 5) is 73.3. The molecular formula is C88H172O17P2. The summed E-state index contributed by atoms with van der Waals surface area (Å²) in [5.41, 5.74) is 0. The third-order valence-electron chi connectivity index (χ3n) is 21.3. The minimum atomic E-state index is -4.97. The fraction of sp³-hybridized carbons (Fsp3) is 0.955. The van der Waals surface area contributed by atoms with Gasteiger partial charge in [0.2, 0.25) is 0 Å². The Labute approximate surface area is 658 Å². The molecule has 0 spiro atoms. The summed E-state index contributed by atoms with van der Waals surface area (Å²) in [6.45, 7) is 14.4. The topological polar surface area (TPSA) is 237 Å². The first-order valence-electron chi connectivity index (χ1n) is 45.3. The zero-order valence-electron chi connectivity index (χ0n) is 70.8. The van der Waals surface area contributed by atoms with E-state index in [1.165, 1.54) is 257 Å². The van der Waals surface area contributed by atoms with E-state index in [0.29, 0.717) is 25.7 Å². The molecule has 0 rings (SSSR count). The Morgan fingerprint density at radius 2 is 0.449 bits per heavy atom. The number of hydrogen-bond donors (Lipinski definition) is 3. The maximum Gasteiger partial charge on any atom is 0.472 e. The van der Waals surface area contributed by atoms with Crippen molar-refractivity contribution < 1.29 is 80.2 Å². The zero-order valence-corrected chi connectivity index (χ0v) is 72.6. The SMILES string of the molecule is CCC(C)CCCCCCCCCCCCCCCCCCCCC(=O)OC[C@H](COP(=O)(O)OC[C@@H](O)COP(=O)(O)OC[C@@H](COC(=O)CCCCCCCCC(C)CC)OC(=O)CCCCCCCCCCCCCCCCCCC(C)C)OC(=O)CCCCCCCCCCCCCCCC(C)C. The van der Waals surface area contributed by atoms with Crippen molar-refractivity contribution in [1.29, 1.82) is 0 Å². The number of rotatable bonds is 85. The average molecular weight is 1560 g/mol. The van der Waals surface area contributed by atoms with Crippen LogP contribution >= 0.6 is 15.6 Å². The van der Waals surface area contributed by atoms with Gasteiger partial charge in [0.05, 0.1) is 26.4 Å². The van der Waals surface area contributed by atoms with Crippen molar-refractivity contribution in [3.8, 4) is 0 Å². The standard InChI is InChI=1S/C88H172O17P2/c1-9-80(7)66-58-50-42-36-30-24-18-13-11-12-14-19-25-31-37-43-52-60-68-85(90)98-74-83(104-87(92)71-63-55-45-39-33-27-21-23-29-35-41-49-57-65-79(5)6)76-102-106(94,95)100-72-82(89)73-101-107(96,97)103-77-84(75-99-86(91)69-61-53-47-46-51-59-67-81(8)10-2)105-88(93)70-62-54-44-38-32-26-20-16-15-17-22-28-34-40-48-56-64-78(3)4/h78-84,89H,9-77H2,1-8H3,(H,94,95)(H,96,97)/t80?,81?,82-,83-,84-/m1/s1. The molecule has 0 aliphatic rings. The predicted octanol–water partition coefficient (Wildman–Crippen LogP) is 26.7. The van der Waals surface area contributed by atoms with E-state index in [1.807, 2.05) is 0 Å². The Hall–Kier alpha value is -1.94. The molecule has 3 N–H and O–H groups in total. The highest BCUT2D eigenvalue weighted by Crippen LogP contribution is 2.45. The molecule has 0 fully saturated rings. The summed E-state index contributed by atoms with van der Waals surface area (Å²) >= 11 is 0. The molecular weight excluding hydrogens is 1390 g/mol. The van der Waals surface area contributed by atoms with Gasteiger partial charge in [-0.25, -0.2) is 9.13 Å². The van der Waals surface area contributed by atoms with Gasteiger partial charge >= 0.3 is 39.5 Å². The third kappa shape index (κ3) is 79.1. The van der Waals surface area contributed by atoms with E-state index >= 15 is 0 Å². The average Bonchev–Trinajstić information content (AvgIpc) is 0.900. The second kappa shape index (κ2) is 76.7. The number of carbonyl (C=O) groups excluding carboxylic acids is 4. The van der Waals surface area contributed by atoms with Crippen molar-refractivity contribution >= 4 is 39.5 Å². The van der Waals surface area contributed by atoms with Crippen molar-refractivity contribution in [2.75, 3.05) is 39.6 Å². The zero-order chi connectivity index (χ0) is 78.8. The second-order valence-electron chi connectivity index (χ2n) is 33.1. The molecule has 107 heavy (non-hydrogen) atoms. The summed E-state index contributed by atoms with van der Waals surface area (Å²) in [7, 11) is -9.93. The number of hydrogen-bond acceptors (Lipinski definition) is 15. The molecule has 636 valence electrons. The van der Waals surface area contributed by atoms with Gasteiger partial charge in [0, 0.05) is 25.7 Å². The number of esters is 4. The molecule has 0 amide bonds. The van der Waals surface area contributed by atoms with Gasteiger partial charge in [-0.05, 0) is 49.4 Å². The Bertz CT molecular complexity index is 2080. The molecule has 0 aliphatic carbocycles. The van der Waals surface area contributed by atoms with E-state index in [1.54, 1.807) is 0 Å². The van der Waals surface area contributed by atoms with E-state index < -0.39 is 97.5 Å². The molecule has 0 aromatic rings. The number of carbonyl (C=O) groups is 4. The maximum atomic E-state index is 13.2. The summed E-state index contributed by atoms with van der Waals surface area (Å²) < 4.78 is 68.9. The number of phosphoric ester groups is 2. The van der Waals surface area contributed by atoms with Crippen LogP contribution in [0.5, 0.6) is 0 Å². The highest BCUT2D eigenvalue weighted by molar-refractivity contribution is 7.47. The molecule has 0 radical (unpaired) electrons. The van der Waals surface area contributed by atoms with Crippen LogP contribution in [0, 0.1) is 23.7 Å². The Morgan fingerprint density at radius 3 is 0.664 bits per heavy atom. The Balaban J connectivity index is 5.21. The summed E-state index contributed by atoms with van der Waals surface area (Å²) in [6.07, 6.45) is 66.7. The quantitative estimate of drug-likeness (QED) is 0.0222. The van der Waals surface area contributed by atoms with Crippen molar-refractivity contribution in [2.24, 2.45) is 23.7 Å². The molecule has 7 atom stereocenters. The van der Waals surface area contributed by atoms with Crippen molar-refractivity contribution in [3.63, 3.8) is 0 Å². The predicted molar refractivity (Wildman–Crippen MR) is 441 cm³/mol. The molecule has 19 heteroatoms. The minimum absolute atomic E-state index is 0.107. The number of aliphatic hydroxyl groups excluding tert-OH is 1. The lowest BCUT2D eigenvalue weighted by atomic mass is 9.99. The van der Waals surface area contributed by atoms with Crippen LogP contribution in [0.2, 0.25) is 0 Å². The van der Waals surface area contributed by atoms with Gasteiger partial charge in [-0.15, -0.1) is 0 Å². The maximum absolute atomic E-state index is 13.2. The fourth-order valence-corrected chi connectivity index (χ4v) is 15.2. The summed E-state index contributed by atoms with van der Waals surface area (Å²) in [5.74, 6) is 1.09. The van der Waals surface area contributed by atoms with Gasteiger partial charge in [0.15, 0.2) is 12.2 Å². The van der Waals surface area contributed by atoms with Crippen LogP contribution in [0.1, 0.15) is 460 Å². The van der Waals surface area contributed by atoms with Gasteiger partial charge < -0.3 is 33.8 Å². The first-order valence-corrected chi connectivity index (χ1v) is 48.3. The van der Waals surface area contributed by atoms with E-state index in [4.69, 9.17) is 37.0 Å². The van der Waals surface area contributed by atoms with Crippen molar-refractivity contribution in [2.45, 2.75) is 478 Å². The molecule has 0 aliphatic heterocycles. The summed E-state index contributed by atoms with van der Waals surface area (Å²) in [5, 5.41) is 10.7. The molecule has 0 saturated carbocycles. The number of aliphatic hydroxyl groups is 1. The van der Waals surface area contributed by atoms with Gasteiger partial charge in [-0.1, -0.05) is 409 Å². The van der Waals surface area contributed by atoms with Crippen LogP contribution in [-0.2, 0) is 65.4 Å². The van der Waals surface area contributed by atoms with E-state index in [2.05, 4.69) is 55.4 Å². The molecule has 0 bridgehead atoms. The van der Waals surface area contributed by atoms with Crippen molar-refractivity contribution in [3.05, 3.63) is 0 Å². The lowest BCUT2D eigenvalue weighted by Crippen LogP contribution is -2.30. The van der Waals surface area contributed by atoms with Crippen LogP contribution in [0.15, 0.2) is 0 Å². The number of ether oxygens (including phenoxy) is 4. The van der Waals surface area contributed by atoms with Gasteiger partial charge in [0.1, 0.15) is 19.3 Å². The largest absolute Gasteiger partial charge is 0.472 e. The molecule has 0 aromatic heterocycles. The molecule has 4 unspecified atom stereocenters. The monoisotopic (exact) mass is 1560 g/mol. The highest BCUT2D eigenvalue weighted by atomic mass is 31.2. The summed E-state index contributed by atoms with van der Waals surface area (Å²) in [6, 6.07) is 0. The molecule has 0 heterocycles. The normalized spacial score (nSPS) is 14.4. The van der Waals surface area contributed by atoms with Crippen LogP contribution in [0.3, 0.4) is 0 Å². The van der Waals surface area contributed by atoms with Crippen LogP contribution < -0.4 is 0 Å². The Morgan fingerprint density at radius 1 is 0.262 bits per heavy atom. The van der Waals surface area contributed by atoms with Crippen LogP contribution in [-0.4, -0.2) is 96.7 Å². The molecule has 17 nitrogen and oxygen atoms in total. The lowest BCUT2D eigenvalue weighted by Gasteiger charge is -2.21. The molecule has 0 aromatic carbocycles. The Kier molecular flexibility index (Phi) is 75.3. The van der Waals surface area contributed by atoms with Gasteiger partial charge in [-0.2, -0.15) is 0 Å². The third-order valence-corrected chi connectivity index (χ3v) is 23.2. The smallest absolute Gasteiger partial charge is 0.462 e. The van der Waals surface area contributed by atoms with Crippen molar-refractivity contribution in [1.82, 2.24) is 0 Å². The number of phosphoric acid groups is 2. The lowest BCUT2D eigenvalue weighted by molar-refractivity contribution is -0.161. The van der Waals surface area contributed by atoms with E-state index in [-0.39, 0.29) is 25.7 Å². The van der Waals surface area contributed by atoms with Crippen LogP contribution in [0.25, 0.3) is 0 Å². The highest BCUT2D eigenvalue weighted by Gasteiger charge is 2.31.